The van der Waals surface area contributed by atoms with Crippen molar-refractivity contribution < 1.29 is 36.9 Å². The highest BCUT2D eigenvalue weighted by Gasteiger charge is 2.35. The number of amides is 1. The average molecular weight is 576 g/mol. The second kappa shape index (κ2) is 12.3. The standard InChI is InChI=1S/C30H33F4N3O4/c1-18-23(9-5-10-24(18)37-13-7-8-20(37)17-38)26-25(11-6-12-35-26)36(4)27(39)30(2,3)19-14-21(40-28(31)32)16-22(15-19)41-29(33)34/h5-6,9-12,14-16,20,28-29,38H,7-8,13,17H2,1-4H3/t20-/m0/s1. The molecule has 0 aliphatic carbocycles. The number of hydrogen-bond donors (Lipinski definition) is 1. The van der Waals surface area contributed by atoms with Crippen LogP contribution in [0.3, 0.4) is 0 Å². The van der Waals surface area contributed by atoms with Gasteiger partial charge in [0.05, 0.1) is 29.4 Å². The number of alkyl halides is 4. The summed E-state index contributed by atoms with van der Waals surface area (Å²) in [6.07, 6.45) is 3.50. The molecule has 3 aromatic rings. The molecular weight excluding hydrogens is 542 g/mol. The van der Waals surface area contributed by atoms with Crippen LogP contribution in [0.2, 0.25) is 0 Å². The first-order valence-corrected chi connectivity index (χ1v) is 13.2. The first-order chi connectivity index (χ1) is 19.4. The zero-order chi connectivity index (χ0) is 29.9. The number of nitrogens with zero attached hydrogens (tertiary/aromatic N) is 3. The highest BCUT2D eigenvalue weighted by Crippen LogP contribution is 2.39. The van der Waals surface area contributed by atoms with Gasteiger partial charge >= 0.3 is 13.2 Å². The van der Waals surface area contributed by atoms with E-state index in [1.54, 1.807) is 39.2 Å². The quantitative estimate of drug-likeness (QED) is 0.292. The molecule has 0 radical (unpaired) electrons. The van der Waals surface area contributed by atoms with Gasteiger partial charge in [0.25, 0.3) is 0 Å². The molecule has 2 aromatic carbocycles. The first-order valence-electron chi connectivity index (χ1n) is 13.2. The van der Waals surface area contributed by atoms with Gasteiger partial charge in [0.2, 0.25) is 5.91 Å². The molecular formula is C30H33F4N3O4. The van der Waals surface area contributed by atoms with Crippen LogP contribution in [0.5, 0.6) is 11.5 Å². The Labute approximate surface area is 236 Å². The van der Waals surface area contributed by atoms with E-state index in [-0.39, 0.29) is 18.2 Å². The summed E-state index contributed by atoms with van der Waals surface area (Å²) >= 11 is 0. The van der Waals surface area contributed by atoms with E-state index >= 15 is 0 Å². The zero-order valence-electron chi connectivity index (χ0n) is 23.3. The number of carbonyl (C=O) groups is 1. The van der Waals surface area contributed by atoms with Crippen LogP contribution in [0.25, 0.3) is 11.3 Å². The van der Waals surface area contributed by atoms with Gasteiger partial charge in [-0.3, -0.25) is 9.78 Å². The molecule has 0 spiro atoms. The predicted molar refractivity (Wildman–Crippen MR) is 148 cm³/mol. The molecule has 220 valence electrons. The molecule has 1 aromatic heterocycles. The molecule has 0 bridgehead atoms. The summed E-state index contributed by atoms with van der Waals surface area (Å²) in [7, 11) is 1.57. The SMILES string of the molecule is Cc1c(-c2ncccc2N(C)C(=O)C(C)(C)c2cc(OC(F)F)cc(OC(F)F)c2)cccc1N1CCC[C@H]1CO. The number of aliphatic hydroxyl groups is 1. The molecule has 41 heavy (non-hydrogen) atoms. The number of carbonyl (C=O) groups excluding carboxylic acids is 1. The van der Waals surface area contributed by atoms with Crippen LogP contribution in [-0.4, -0.2) is 55.5 Å². The van der Waals surface area contributed by atoms with Crippen molar-refractivity contribution in [3.8, 4) is 22.8 Å². The highest BCUT2D eigenvalue weighted by atomic mass is 19.3. The number of halogens is 4. The van der Waals surface area contributed by atoms with Crippen molar-refractivity contribution in [1.82, 2.24) is 4.98 Å². The first kappa shape index (κ1) is 30.1. The second-order valence-electron chi connectivity index (χ2n) is 10.4. The van der Waals surface area contributed by atoms with Gasteiger partial charge in [0.15, 0.2) is 0 Å². The smallest absolute Gasteiger partial charge is 0.387 e. The zero-order valence-corrected chi connectivity index (χ0v) is 23.3. The summed E-state index contributed by atoms with van der Waals surface area (Å²) < 4.78 is 60.7. The molecule has 7 nitrogen and oxygen atoms in total. The lowest BCUT2D eigenvalue weighted by Crippen LogP contribution is -2.41. The summed E-state index contributed by atoms with van der Waals surface area (Å²) in [6.45, 7) is -0.428. The number of aliphatic hydroxyl groups excluding tert-OH is 1. The summed E-state index contributed by atoms with van der Waals surface area (Å²) in [6, 6.07) is 12.6. The molecule has 1 aliphatic heterocycles. The molecule has 1 N–H and O–H groups in total. The van der Waals surface area contributed by atoms with Gasteiger partial charge < -0.3 is 24.4 Å². The van der Waals surface area contributed by atoms with E-state index in [1.165, 1.54) is 17.0 Å². The Hall–Kier alpha value is -3.86. The number of likely N-dealkylation sites (N-methyl/N-ethyl adjacent to an activating group) is 1. The van der Waals surface area contributed by atoms with E-state index in [2.05, 4.69) is 19.4 Å². The third kappa shape index (κ3) is 6.40. The Morgan fingerprint density at radius 1 is 1.10 bits per heavy atom. The number of rotatable bonds is 10. The van der Waals surface area contributed by atoms with Crippen LogP contribution < -0.4 is 19.3 Å². The molecule has 11 heteroatoms. The van der Waals surface area contributed by atoms with Crippen molar-refractivity contribution in [3.63, 3.8) is 0 Å². The monoisotopic (exact) mass is 575 g/mol. The maximum absolute atomic E-state index is 13.9. The fourth-order valence-corrected chi connectivity index (χ4v) is 5.34. The van der Waals surface area contributed by atoms with Gasteiger partial charge in [-0.25, -0.2) is 0 Å². The van der Waals surface area contributed by atoms with Gasteiger partial charge in [-0.05, 0) is 75.1 Å². The van der Waals surface area contributed by atoms with E-state index in [9.17, 15) is 27.5 Å². The van der Waals surface area contributed by atoms with Gasteiger partial charge in [-0.15, -0.1) is 0 Å². The Morgan fingerprint density at radius 3 is 2.37 bits per heavy atom. The molecule has 4 rings (SSSR count). The summed E-state index contributed by atoms with van der Waals surface area (Å²) in [5, 5.41) is 9.86. The minimum absolute atomic E-state index is 0.0287. The van der Waals surface area contributed by atoms with E-state index in [4.69, 9.17) is 0 Å². The van der Waals surface area contributed by atoms with E-state index in [0.717, 1.165) is 42.3 Å². The fourth-order valence-electron chi connectivity index (χ4n) is 5.34. The van der Waals surface area contributed by atoms with Crippen LogP contribution in [-0.2, 0) is 10.2 Å². The minimum Gasteiger partial charge on any atom is -0.435 e. The molecule has 1 saturated heterocycles. The number of ether oxygens (including phenoxy) is 2. The molecule has 1 amide bonds. The molecule has 1 fully saturated rings. The molecule has 1 aliphatic rings. The van der Waals surface area contributed by atoms with Crippen LogP contribution in [0, 0.1) is 6.92 Å². The maximum atomic E-state index is 13.9. The minimum atomic E-state index is -3.20. The summed E-state index contributed by atoms with van der Waals surface area (Å²) in [5.74, 6) is -1.26. The fraction of sp³-hybridized carbons (Fsp3) is 0.400. The normalized spacial score (nSPS) is 15.5. The topological polar surface area (TPSA) is 75.1 Å². The van der Waals surface area contributed by atoms with Crippen molar-refractivity contribution in [2.45, 2.75) is 58.3 Å². The molecule has 2 heterocycles. The van der Waals surface area contributed by atoms with Crippen molar-refractivity contribution in [1.29, 1.82) is 0 Å². The van der Waals surface area contributed by atoms with E-state index < -0.39 is 36.0 Å². The largest absolute Gasteiger partial charge is 0.435 e. The molecule has 1 atom stereocenters. The lowest BCUT2D eigenvalue weighted by Gasteiger charge is -2.32. The van der Waals surface area contributed by atoms with Crippen LogP contribution in [0.4, 0.5) is 28.9 Å². The lowest BCUT2D eigenvalue weighted by atomic mass is 9.82. The van der Waals surface area contributed by atoms with Crippen molar-refractivity contribution >= 4 is 17.3 Å². The second-order valence-corrected chi connectivity index (χ2v) is 10.4. The number of anilines is 2. The van der Waals surface area contributed by atoms with Crippen LogP contribution in [0.15, 0.2) is 54.7 Å². The predicted octanol–water partition coefficient (Wildman–Crippen LogP) is 6.16. The van der Waals surface area contributed by atoms with Gasteiger partial charge in [-0.1, -0.05) is 12.1 Å². The maximum Gasteiger partial charge on any atom is 0.387 e. The van der Waals surface area contributed by atoms with Gasteiger partial charge in [0, 0.05) is 37.1 Å². The van der Waals surface area contributed by atoms with Crippen LogP contribution in [0.1, 0.15) is 37.8 Å². The highest BCUT2D eigenvalue weighted by molar-refractivity contribution is 6.03. The number of benzene rings is 2. The molecule has 0 saturated carbocycles. The van der Waals surface area contributed by atoms with E-state index in [1.807, 2.05) is 25.1 Å². The third-order valence-corrected chi connectivity index (χ3v) is 7.50. The van der Waals surface area contributed by atoms with Crippen molar-refractivity contribution in [2.75, 3.05) is 30.0 Å². The Bertz CT molecular complexity index is 1360. The molecule has 0 unspecified atom stereocenters. The van der Waals surface area contributed by atoms with Gasteiger partial charge in [0.1, 0.15) is 11.5 Å². The third-order valence-electron chi connectivity index (χ3n) is 7.50. The van der Waals surface area contributed by atoms with Crippen molar-refractivity contribution in [3.05, 3.63) is 65.9 Å². The van der Waals surface area contributed by atoms with Crippen LogP contribution >= 0.6 is 0 Å². The number of pyridine rings is 1. The number of hydrogen-bond acceptors (Lipinski definition) is 6. The Morgan fingerprint density at radius 2 is 1.76 bits per heavy atom. The lowest BCUT2D eigenvalue weighted by molar-refractivity contribution is -0.122. The van der Waals surface area contributed by atoms with Gasteiger partial charge in [-0.2, -0.15) is 17.6 Å². The average Bonchev–Trinajstić information content (AvgIpc) is 3.40. The summed E-state index contributed by atoms with van der Waals surface area (Å²) in [4.78, 5) is 22.1. The van der Waals surface area contributed by atoms with E-state index in [0.29, 0.717) is 11.4 Å². The Kier molecular flexibility index (Phi) is 9.06. The van der Waals surface area contributed by atoms with Crippen molar-refractivity contribution in [2.24, 2.45) is 0 Å². The number of aromatic nitrogens is 1. The summed E-state index contributed by atoms with van der Waals surface area (Å²) in [5.41, 5.74) is 2.55. The Balaban J connectivity index is 1.72.